The van der Waals surface area contributed by atoms with Crippen LogP contribution in [0.1, 0.15) is 57.1 Å². The number of likely N-dealkylation sites (N-methyl/N-ethyl adjacent to an activating group) is 1. The van der Waals surface area contributed by atoms with E-state index in [1.54, 1.807) is 18.2 Å². The minimum absolute atomic E-state index is 0.0963. The van der Waals surface area contributed by atoms with Crippen LogP contribution in [0.15, 0.2) is 29.7 Å². The number of anilines is 1. The zero-order valence-corrected chi connectivity index (χ0v) is 18.9. The molecule has 0 unspecified atom stereocenters. The predicted molar refractivity (Wildman–Crippen MR) is 124 cm³/mol. The molecule has 32 heavy (non-hydrogen) atoms. The Balaban J connectivity index is 0.000000352. The number of hydrogen-bond acceptors (Lipinski definition) is 8. The van der Waals surface area contributed by atoms with Crippen LogP contribution in [0.25, 0.3) is 11.3 Å². The number of aromatic nitrogens is 2. The highest BCUT2D eigenvalue weighted by atomic mass is 16.6. The van der Waals surface area contributed by atoms with E-state index < -0.39 is 5.41 Å². The van der Waals surface area contributed by atoms with Gasteiger partial charge in [0, 0.05) is 35.2 Å². The normalized spacial score (nSPS) is 18.1. The molecule has 0 saturated heterocycles. The molecule has 9 nitrogen and oxygen atoms in total. The number of nitrogen functional groups attached to an aromatic ring is 1. The highest BCUT2D eigenvalue weighted by molar-refractivity contribution is 6.15. The number of benzene rings is 1. The molecule has 2 aromatic rings. The molecule has 9 heteroatoms. The number of phenolic OH excluding ortho intramolecular Hbond substituents is 1. The van der Waals surface area contributed by atoms with Gasteiger partial charge in [-0.05, 0) is 44.9 Å². The number of rotatable bonds is 3. The highest BCUT2D eigenvalue weighted by Crippen LogP contribution is 2.45. The quantitative estimate of drug-likeness (QED) is 0.536. The molecule has 1 heterocycles. The first kappa shape index (κ1) is 23.5. The van der Waals surface area contributed by atoms with Gasteiger partial charge in [0.25, 0.3) is 5.91 Å². The lowest BCUT2D eigenvalue weighted by molar-refractivity contribution is -0.125. The van der Waals surface area contributed by atoms with Gasteiger partial charge in [-0.15, -0.1) is 0 Å². The fraction of sp³-hybridized carbons (Fsp3) is 0.478. The molecule has 1 amide bonds. The van der Waals surface area contributed by atoms with Crippen molar-refractivity contribution in [3.05, 3.63) is 35.7 Å². The van der Waals surface area contributed by atoms with Gasteiger partial charge in [-0.3, -0.25) is 4.79 Å². The number of nitrogens with one attached hydrogen (secondary N) is 1. The molecule has 1 fully saturated rings. The summed E-state index contributed by atoms with van der Waals surface area (Å²) in [6.45, 7) is 3.62. The number of aromatic hydroxyl groups is 1. The van der Waals surface area contributed by atoms with Crippen LogP contribution in [-0.4, -0.2) is 46.4 Å². The van der Waals surface area contributed by atoms with E-state index in [1.165, 1.54) is 45.5 Å². The number of carbonyl (C=O) groups is 1. The van der Waals surface area contributed by atoms with Crippen molar-refractivity contribution in [1.29, 1.82) is 0 Å². The maximum atomic E-state index is 11.4. The molecule has 1 aromatic carbocycles. The smallest absolute Gasteiger partial charge is 0.260 e. The Labute approximate surface area is 188 Å². The lowest BCUT2D eigenvalue weighted by Crippen LogP contribution is -2.36. The Morgan fingerprint density at radius 2 is 1.97 bits per heavy atom. The zero-order chi connectivity index (χ0) is 23.3. The van der Waals surface area contributed by atoms with Crippen LogP contribution in [0.3, 0.4) is 0 Å². The minimum atomic E-state index is -0.676. The summed E-state index contributed by atoms with van der Waals surface area (Å²) in [7, 11) is 1.52. The Morgan fingerprint density at radius 3 is 2.59 bits per heavy atom. The largest absolute Gasteiger partial charge is 0.508 e. The number of carbonyl (C=O) groups excluding carboxylic acids is 1. The molecule has 1 saturated carbocycles. The number of phenols is 1. The molecule has 2 aliphatic rings. The molecule has 0 radical (unpaired) electrons. The maximum Gasteiger partial charge on any atom is 0.260 e. The first-order valence-electron chi connectivity index (χ1n) is 10.9. The van der Waals surface area contributed by atoms with E-state index in [1.807, 2.05) is 13.8 Å². The summed E-state index contributed by atoms with van der Waals surface area (Å²) >= 11 is 0. The second kappa shape index (κ2) is 9.95. The van der Waals surface area contributed by atoms with E-state index in [-0.39, 0.29) is 18.3 Å². The van der Waals surface area contributed by atoms with Crippen molar-refractivity contribution in [2.75, 3.05) is 19.4 Å². The van der Waals surface area contributed by atoms with Gasteiger partial charge in [-0.1, -0.05) is 24.4 Å². The molecule has 0 aliphatic heterocycles. The van der Waals surface area contributed by atoms with Crippen LogP contribution in [0, 0.1) is 0 Å². The van der Waals surface area contributed by atoms with E-state index in [2.05, 4.69) is 20.4 Å². The van der Waals surface area contributed by atoms with Gasteiger partial charge in [0.15, 0.2) is 6.61 Å². The van der Waals surface area contributed by atoms with E-state index in [0.717, 1.165) is 11.1 Å². The number of nitrogens with zero attached hydrogens (tertiary/aromatic N) is 3. The SMILES string of the molecule is CNC(=O)CO/N=C1\c2cc(O)ccc2-c2ncnc(N)c2C1(C)C.NC1CCCCC1. The number of nitrogens with two attached hydrogens (primary N) is 2. The van der Waals surface area contributed by atoms with Crippen LogP contribution < -0.4 is 16.8 Å². The van der Waals surface area contributed by atoms with Gasteiger partial charge in [-0.25, -0.2) is 9.97 Å². The molecule has 0 spiro atoms. The Bertz CT molecular complexity index is 999. The highest BCUT2D eigenvalue weighted by Gasteiger charge is 2.40. The summed E-state index contributed by atoms with van der Waals surface area (Å²) in [6.07, 6.45) is 8.07. The molecule has 0 atom stereocenters. The van der Waals surface area contributed by atoms with Crippen LogP contribution in [0.2, 0.25) is 0 Å². The minimum Gasteiger partial charge on any atom is -0.508 e. The molecule has 2 aliphatic carbocycles. The lowest BCUT2D eigenvalue weighted by atomic mass is 9.70. The fourth-order valence-corrected chi connectivity index (χ4v) is 4.13. The van der Waals surface area contributed by atoms with Crippen LogP contribution >= 0.6 is 0 Å². The molecule has 6 N–H and O–H groups in total. The summed E-state index contributed by atoms with van der Waals surface area (Å²) < 4.78 is 0. The maximum absolute atomic E-state index is 11.4. The van der Waals surface area contributed by atoms with E-state index in [0.29, 0.717) is 28.8 Å². The Morgan fingerprint density at radius 1 is 1.25 bits per heavy atom. The summed E-state index contributed by atoms with van der Waals surface area (Å²) in [6, 6.07) is 5.45. The first-order chi connectivity index (χ1) is 15.3. The molecule has 4 rings (SSSR count). The summed E-state index contributed by atoms with van der Waals surface area (Å²) in [5.74, 6) is 0.157. The van der Waals surface area contributed by atoms with Crippen molar-refractivity contribution >= 4 is 17.4 Å². The third kappa shape index (κ3) is 4.99. The van der Waals surface area contributed by atoms with Crippen LogP contribution in [-0.2, 0) is 15.0 Å². The van der Waals surface area contributed by atoms with Gasteiger partial charge in [0.2, 0.25) is 0 Å². The van der Waals surface area contributed by atoms with Gasteiger partial charge in [-0.2, -0.15) is 0 Å². The summed E-state index contributed by atoms with van der Waals surface area (Å²) in [5, 5.41) is 16.6. The number of amides is 1. The van der Waals surface area contributed by atoms with Gasteiger partial charge >= 0.3 is 0 Å². The Kier molecular flexibility index (Phi) is 7.29. The van der Waals surface area contributed by atoms with Crippen LogP contribution in [0.5, 0.6) is 5.75 Å². The van der Waals surface area contributed by atoms with Crippen molar-refractivity contribution in [3.8, 4) is 17.0 Å². The monoisotopic (exact) mass is 440 g/mol. The van der Waals surface area contributed by atoms with Crippen molar-refractivity contribution < 1.29 is 14.7 Å². The van der Waals surface area contributed by atoms with Crippen LogP contribution in [0.4, 0.5) is 5.82 Å². The first-order valence-corrected chi connectivity index (χ1v) is 10.9. The van der Waals surface area contributed by atoms with Crippen molar-refractivity contribution in [2.45, 2.75) is 57.4 Å². The second-order valence-electron chi connectivity index (χ2n) is 8.62. The van der Waals surface area contributed by atoms with Crippen molar-refractivity contribution in [1.82, 2.24) is 15.3 Å². The second-order valence-corrected chi connectivity index (χ2v) is 8.62. The molecule has 0 bridgehead atoms. The topological polar surface area (TPSA) is 149 Å². The number of oxime groups is 1. The lowest BCUT2D eigenvalue weighted by Gasteiger charge is -2.34. The molecular formula is C23H32N6O3. The van der Waals surface area contributed by atoms with Crippen molar-refractivity contribution in [2.24, 2.45) is 10.9 Å². The third-order valence-electron chi connectivity index (χ3n) is 5.89. The molecule has 172 valence electrons. The average Bonchev–Trinajstić information content (AvgIpc) is 2.76. The fourth-order valence-electron chi connectivity index (χ4n) is 4.13. The standard InChI is InChI=1S/C17H19N5O3.C6H13N/c1-17(2)13-14(20-8-21-16(13)18)10-5-4-9(23)6-11(10)15(17)22-25-7-12(24)19-3;7-6-4-2-1-3-5-6/h4-6,8,23H,7H2,1-3H3,(H,19,24)(H2,18,20,21);6H,1-5,7H2/b22-15+;. The van der Waals surface area contributed by atoms with E-state index >= 15 is 0 Å². The predicted octanol–water partition coefficient (Wildman–Crippen LogP) is 2.47. The van der Waals surface area contributed by atoms with Gasteiger partial charge in [0.05, 0.1) is 11.4 Å². The zero-order valence-electron chi connectivity index (χ0n) is 18.9. The Hall–Kier alpha value is -3.20. The number of hydrogen-bond donors (Lipinski definition) is 4. The average molecular weight is 441 g/mol. The van der Waals surface area contributed by atoms with Gasteiger partial charge in [0.1, 0.15) is 17.9 Å². The number of fused-ring (bicyclic) bond motifs is 3. The summed E-state index contributed by atoms with van der Waals surface area (Å²) in [4.78, 5) is 25.1. The van der Waals surface area contributed by atoms with E-state index in [4.69, 9.17) is 16.3 Å². The molecular weight excluding hydrogens is 408 g/mol. The van der Waals surface area contributed by atoms with Gasteiger partial charge < -0.3 is 26.7 Å². The third-order valence-corrected chi connectivity index (χ3v) is 5.89. The molecule has 1 aromatic heterocycles. The van der Waals surface area contributed by atoms with Crippen molar-refractivity contribution in [3.63, 3.8) is 0 Å². The summed E-state index contributed by atoms with van der Waals surface area (Å²) in [5.41, 5.74) is 14.5. The van der Waals surface area contributed by atoms with E-state index in [9.17, 15) is 9.90 Å².